The minimum absolute atomic E-state index is 0.00193. The molecule has 63 heavy (non-hydrogen) atoms. The Balaban J connectivity index is 1.10. The van der Waals surface area contributed by atoms with Crippen LogP contribution in [0.3, 0.4) is 0 Å². The molecule has 3 aromatic heterocycles. The van der Waals surface area contributed by atoms with Crippen LogP contribution in [0.4, 0.5) is 0 Å². The van der Waals surface area contributed by atoms with Crippen molar-refractivity contribution in [2.24, 2.45) is 0 Å². The molecule has 0 fully saturated rings. The van der Waals surface area contributed by atoms with Crippen LogP contribution in [-0.4, -0.2) is 14.1 Å². The van der Waals surface area contributed by atoms with E-state index in [0.29, 0.717) is 0 Å². The number of pyridine rings is 1. The first-order valence-corrected chi connectivity index (χ1v) is 22.1. The zero-order valence-corrected chi connectivity index (χ0v) is 38.4. The molecule has 3 heterocycles. The Hall–Kier alpha value is -6.72. The third-order valence-corrected chi connectivity index (χ3v) is 12.9. The van der Waals surface area contributed by atoms with Crippen LogP contribution in [-0.2, 0) is 21.7 Å². The van der Waals surface area contributed by atoms with E-state index in [1.54, 1.807) is 0 Å². The van der Waals surface area contributed by atoms with E-state index in [9.17, 15) is 0 Å². The van der Waals surface area contributed by atoms with E-state index in [4.69, 9.17) is 9.72 Å². The highest BCUT2D eigenvalue weighted by Crippen LogP contribution is 2.39. The molecule has 0 saturated heterocycles. The van der Waals surface area contributed by atoms with E-state index in [-0.39, 0.29) is 21.7 Å². The molecule has 0 amide bonds. The summed E-state index contributed by atoms with van der Waals surface area (Å²) < 4.78 is 13.4. The molecule has 0 unspecified atom stereocenters. The average molecular weight is 827 g/mol. The Morgan fingerprint density at radius 3 is 1.79 bits per heavy atom. The summed E-state index contributed by atoms with van der Waals surface area (Å²) >= 11 is 0. The Bertz CT molecular complexity index is 3100. The third kappa shape index (κ3) is 7.86. The summed E-state index contributed by atoms with van der Waals surface area (Å²) in [5.74, 6) is 2.37. The predicted molar refractivity (Wildman–Crippen MR) is 259 cm³/mol. The highest BCUT2D eigenvalue weighted by molar-refractivity contribution is 6.09. The minimum atomic E-state index is -0.218. The van der Waals surface area contributed by atoms with Gasteiger partial charge in [-0.3, -0.25) is 13.7 Å². The van der Waals surface area contributed by atoms with Crippen LogP contribution in [0.25, 0.3) is 39.0 Å². The van der Waals surface area contributed by atoms with Crippen LogP contribution >= 0.6 is 0 Å². The van der Waals surface area contributed by atoms with Crippen molar-refractivity contribution in [2.45, 2.75) is 90.9 Å². The molecule has 0 spiro atoms. The Kier molecular flexibility index (Phi) is 10.3. The van der Waals surface area contributed by atoms with Gasteiger partial charge in [0.15, 0.2) is 0 Å². The minimum Gasteiger partial charge on any atom is -0.458 e. The van der Waals surface area contributed by atoms with Gasteiger partial charge in [-0.1, -0.05) is 154 Å². The first-order chi connectivity index (χ1) is 30.0. The molecule has 0 aliphatic heterocycles. The molecule has 0 bridgehead atoms. The van der Waals surface area contributed by atoms with Gasteiger partial charge in [-0.05, 0) is 105 Å². The van der Waals surface area contributed by atoms with Crippen molar-refractivity contribution in [2.75, 3.05) is 0 Å². The molecule has 5 heteroatoms. The van der Waals surface area contributed by atoms with Crippen molar-refractivity contribution < 1.29 is 9.30 Å². The van der Waals surface area contributed by atoms with Crippen molar-refractivity contribution in [1.82, 2.24) is 14.1 Å². The lowest BCUT2D eigenvalue weighted by Gasteiger charge is -2.27. The summed E-state index contributed by atoms with van der Waals surface area (Å²) in [6.45, 7) is 22.7. The second-order valence-electron chi connectivity index (χ2n) is 20.1. The van der Waals surface area contributed by atoms with E-state index in [2.05, 4.69) is 247 Å². The summed E-state index contributed by atoms with van der Waals surface area (Å²) in [7, 11) is 0. The number of benzene rings is 6. The average Bonchev–Trinajstić information content (AvgIpc) is 3.88. The van der Waals surface area contributed by atoms with Gasteiger partial charge in [-0.25, -0.2) is 4.98 Å². The maximum atomic E-state index is 6.77. The summed E-state index contributed by atoms with van der Waals surface area (Å²) in [5.41, 5.74) is 11.1. The molecular weight excluding hydrogens is 769 g/mol. The fraction of sp³-hybridized carbons (Fsp3) is 0.241. The lowest BCUT2D eigenvalue weighted by molar-refractivity contribution is -0.611. The van der Waals surface area contributed by atoms with Crippen LogP contribution in [0, 0.1) is 6.33 Å². The van der Waals surface area contributed by atoms with Crippen molar-refractivity contribution in [1.29, 1.82) is 0 Å². The number of hydrogen-bond donors (Lipinski definition) is 0. The molecule has 6 aromatic carbocycles. The largest absolute Gasteiger partial charge is 0.458 e. The van der Waals surface area contributed by atoms with E-state index in [1.165, 1.54) is 33.2 Å². The van der Waals surface area contributed by atoms with Crippen LogP contribution in [0.15, 0.2) is 170 Å². The first-order valence-electron chi connectivity index (χ1n) is 22.1. The van der Waals surface area contributed by atoms with Crippen LogP contribution in [0.1, 0.15) is 103 Å². The zero-order valence-electron chi connectivity index (χ0n) is 38.4. The van der Waals surface area contributed by atoms with Gasteiger partial charge >= 0.3 is 0 Å². The maximum Gasteiger partial charge on any atom is 0.269 e. The standard InChI is InChI=1S/C58H58N4O/c1-55(2,3)42-27-30-51-50(34-42)49-29-28-48(37-52(49)62(51)54-35-44(31-32-59-54)58(9,10)41-21-15-12-16-22-41)63-47-26-18-24-45(36-47)60-38-53(56(4,5)6)61(39-60)46-25-17-23-43(33-46)57(7,8)40-19-13-11-14-20-40/h11-38H,1-10H3. The quantitative estimate of drug-likeness (QED) is 0.107. The van der Waals surface area contributed by atoms with Crippen LogP contribution in [0.2, 0.25) is 0 Å². The topological polar surface area (TPSA) is 35.9 Å². The van der Waals surface area contributed by atoms with Gasteiger partial charge in [-0.15, -0.1) is 0 Å². The molecule has 0 radical (unpaired) electrons. The molecule has 0 aliphatic rings. The molecule has 0 aliphatic carbocycles. The summed E-state index contributed by atoms with van der Waals surface area (Å²) in [6.07, 6.45) is 7.84. The van der Waals surface area contributed by atoms with E-state index >= 15 is 0 Å². The zero-order chi connectivity index (χ0) is 44.3. The van der Waals surface area contributed by atoms with E-state index in [0.717, 1.165) is 50.8 Å². The molecule has 0 N–H and O–H groups in total. The lowest BCUT2D eigenvalue weighted by Crippen LogP contribution is -2.39. The molecule has 5 nitrogen and oxygen atoms in total. The highest BCUT2D eigenvalue weighted by Gasteiger charge is 2.27. The van der Waals surface area contributed by atoms with Crippen molar-refractivity contribution in [3.8, 4) is 28.7 Å². The number of aromatic nitrogens is 4. The molecule has 316 valence electrons. The van der Waals surface area contributed by atoms with Gasteiger partial charge in [0.05, 0.1) is 28.1 Å². The van der Waals surface area contributed by atoms with Crippen LogP contribution in [0.5, 0.6) is 11.5 Å². The Morgan fingerprint density at radius 1 is 0.492 bits per heavy atom. The molecule has 9 rings (SSSR count). The summed E-state index contributed by atoms with van der Waals surface area (Å²) in [5, 5.41) is 2.35. The van der Waals surface area contributed by atoms with Gasteiger partial charge in [0.25, 0.3) is 6.33 Å². The van der Waals surface area contributed by atoms with E-state index in [1.807, 2.05) is 12.3 Å². The molecule has 9 aromatic rings. The second-order valence-corrected chi connectivity index (χ2v) is 20.1. The maximum absolute atomic E-state index is 6.77. The second kappa shape index (κ2) is 15.6. The normalized spacial score (nSPS) is 12.6. The lowest BCUT2D eigenvalue weighted by atomic mass is 9.78. The van der Waals surface area contributed by atoms with Crippen molar-refractivity contribution in [3.05, 3.63) is 210 Å². The number of hydrogen-bond acceptors (Lipinski definition) is 2. The predicted octanol–water partition coefficient (Wildman–Crippen LogP) is 14.1. The highest BCUT2D eigenvalue weighted by atomic mass is 16.5. The van der Waals surface area contributed by atoms with Gasteiger partial charge in [0.2, 0.25) is 0 Å². The molecule has 0 atom stereocenters. The Labute approximate surface area is 373 Å². The van der Waals surface area contributed by atoms with Gasteiger partial charge in [0, 0.05) is 40.1 Å². The van der Waals surface area contributed by atoms with Gasteiger partial charge in [0.1, 0.15) is 17.3 Å². The fourth-order valence-corrected chi connectivity index (χ4v) is 8.85. The number of imidazole rings is 1. The first kappa shape index (κ1) is 41.6. The number of ether oxygens (including phenoxy) is 1. The Morgan fingerprint density at radius 2 is 1.13 bits per heavy atom. The van der Waals surface area contributed by atoms with Crippen molar-refractivity contribution >= 4 is 21.8 Å². The summed E-state index contributed by atoms with van der Waals surface area (Å²) in [4.78, 5) is 5.01. The molecule has 0 saturated carbocycles. The van der Waals surface area contributed by atoms with Gasteiger partial charge < -0.3 is 4.74 Å². The monoisotopic (exact) mass is 826 g/mol. The summed E-state index contributed by atoms with van der Waals surface area (Å²) in [6, 6.07) is 56.3. The number of fused-ring (bicyclic) bond motifs is 3. The fourth-order valence-electron chi connectivity index (χ4n) is 8.85. The number of rotatable bonds is 9. The van der Waals surface area contributed by atoms with Gasteiger partial charge in [-0.2, -0.15) is 0 Å². The van der Waals surface area contributed by atoms with Crippen molar-refractivity contribution in [3.63, 3.8) is 0 Å². The van der Waals surface area contributed by atoms with E-state index < -0.39 is 0 Å². The molecular formula is C58H58N4O. The smallest absolute Gasteiger partial charge is 0.269 e. The number of nitrogens with zero attached hydrogens (tertiary/aromatic N) is 4. The third-order valence-electron chi connectivity index (χ3n) is 12.9. The van der Waals surface area contributed by atoms with Crippen LogP contribution < -0.4 is 9.30 Å². The SMILES string of the molecule is CC(C)(C)c1ccc2c(c1)c1ccc(Oc3cccc(-n4[c-][n+](-c5cccc(C(C)(C)c6ccccc6)c5)c(C(C)(C)C)c4)c3)cc1n2-c1cc(C(C)(C)c2ccccc2)ccn1.